The third kappa shape index (κ3) is 4.29. The first-order valence-corrected chi connectivity index (χ1v) is 7.25. The molecule has 1 aromatic rings. The van der Waals surface area contributed by atoms with Gasteiger partial charge < -0.3 is 10.6 Å². The average Bonchev–Trinajstić information content (AvgIpc) is 3.25. The smallest absolute Gasteiger partial charge is 0.330 e. The molecule has 1 aromatic heterocycles. The minimum Gasteiger partial charge on any atom is -0.353 e. The number of hydrogen-bond donors (Lipinski definition) is 2. The molecule has 2 rings (SSSR count). The van der Waals surface area contributed by atoms with Crippen molar-refractivity contribution in [2.75, 3.05) is 6.54 Å². The van der Waals surface area contributed by atoms with Crippen molar-refractivity contribution in [2.24, 2.45) is 14.1 Å². The number of hydrogen-bond acceptors (Lipinski definition) is 4. The highest BCUT2D eigenvalue weighted by Gasteiger charge is 2.22. The van der Waals surface area contributed by atoms with Crippen LogP contribution in [-0.2, 0) is 25.4 Å². The SMILES string of the molecule is Cn1c(CNCCCC(=O)NC2CC2)cc(=O)n(C)c1=O. The quantitative estimate of drug-likeness (QED) is 0.647. The van der Waals surface area contributed by atoms with Crippen molar-refractivity contribution in [3.63, 3.8) is 0 Å². The fourth-order valence-electron chi connectivity index (χ4n) is 2.07. The summed E-state index contributed by atoms with van der Waals surface area (Å²) in [7, 11) is 3.10. The fourth-order valence-corrected chi connectivity index (χ4v) is 2.07. The highest BCUT2D eigenvalue weighted by molar-refractivity contribution is 5.76. The Hall–Kier alpha value is -1.89. The van der Waals surface area contributed by atoms with E-state index in [9.17, 15) is 14.4 Å². The van der Waals surface area contributed by atoms with E-state index >= 15 is 0 Å². The zero-order valence-corrected chi connectivity index (χ0v) is 12.5. The van der Waals surface area contributed by atoms with Crippen molar-refractivity contribution in [1.82, 2.24) is 19.8 Å². The normalized spacial score (nSPS) is 14.2. The maximum Gasteiger partial charge on any atom is 0.330 e. The molecule has 1 saturated carbocycles. The molecule has 7 nitrogen and oxygen atoms in total. The predicted octanol–water partition coefficient (Wildman–Crippen LogP) is -0.768. The topological polar surface area (TPSA) is 85.1 Å². The molecule has 0 spiro atoms. The molecule has 1 fully saturated rings. The first kappa shape index (κ1) is 15.5. The van der Waals surface area contributed by atoms with Crippen molar-refractivity contribution < 1.29 is 4.79 Å². The Labute approximate surface area is 123 Å². The minimum absolute atomic E-state index is 0.0975. The van der Waals surface area contributed by atoms with Crippen LogP contribution in [0.1, 0.15) is 31.4 Å². The van der Waals surface area contributed by atoms with Gasteiger partial charge in [0.05, 0.1) is 0 Å². The third-order valence-electron chi connectivity index (χ3n) is 3.63. The van der Waals surface area contributed by atoms with E-state index in [0.29, 0.717) is 31.2 Å². The van der Waals surface area contributed by atoms with E-state index in [2.05, 4.69) is 10.6 Å². The van der Waals surface area contributed by atoms with Crippen molar-refractivity contribution >= 4 is 5.91 Å². The zero-order chi connectivity index (χ0) is 15.4. The molecule has 1 amide bonds. The Morgan fingerprint density at radius 3 is 2.67 bits per heavy atom. The predicted molar refractivity (Wildman–Crippen MR) is 79.0 cm³/mol. The maximum absolute atomic E-state index is 11.7. The number of amides is 1. The molecule has 0 aliphatic heterocycles. The van der Waals surface area contributed by atoms with Crippen LogP contribution in [0, 0.1) is 0 Å². The molecular formula is C14H22N4O3. The van der Waals surface area contributed by atoms with Gasteiger partial charge in [0.15, 0.2) is 0 Å². The monoisotopic (exact) mass is 294 g/mol. The molecule has 0 radical (unpaired) electrons. The third-order valence-corrected chi connectivity index (χ3v) is 3.63. The lowest BCUT2D eigenvalue weighted by molar-refractivity contribution is -0.121. The molecule has 1 aliphatic rings. The van der Waals surface area contributed by atoms with Gasteiger partial charge in [-0.3, -0.25) is 18.7 Å². The molecule has 0 unspecified atom stereocenters. The zero-order valence-electron chi connectivity index (χ0n) is 12.5. The minimum atomic E-state index is -0.330. The molecule has 0 atom stereocenters. The van der Waals surface area contributed by atoms with Crippen LogP contribution in [0.2, 0.25) is 0 Å². The van der Waals surface area contributed by atoms with Gasteiger partial charge in [-0.25, -0.2) is 4.79 Å². The summed E-state index contributed by atoms with van der Waals surface area (Å²) < 4.78 is 2.53. The summed E-state index contributed by atoms with van der Waals surface area (Å²) in [5, 5.41) is 6.09. The first-order valence-electron chi connectivity index (χ1n) is 7.25. The Morgan fingerprint density at radius 1 is 1.29 bits per heavy atom. The lowest BCUT2D eigenvalue weighted by atomic mass is 10.3. The van der Waals surface area contributed by atoms with Crippen LogP contribution in [0.3, 0.4) is 0 Å². The molecular weight excluding hydrogens is 272 g/mol. The van der Waals surface area contributed by atoms with E-state index in [0.717, 1.165) is 23.8 Å². The molecule has 21 heavy (non-hydrogen) atoms. The molecule has 1 heterocycles. The summed E-state index contributed by atoms with van der Waals surface area (Å²) in [5.74, 6) is 0.0975. The molecule has 0 aromatic carbocycles. The van der Waals surface area contributed by atoms with Gasteiger partial charge in [0.2, 0.25) is 5.91 Å². The largest absolute Gasteiger partial charge is 0.353 e. The van der Waals surface area contributed by atoms with Gasteiger partial charge in [-0.2, -0.15) is 0 Å². The summed E-state index contributed by atoms with van der Waals surface area (Å²) >= 11 is 0. The summed E-state index contributed by atoms with van der Waals surface area (Å²) in [6, 6.07) is 1.86. The van der Waals surface area contributed by atoms with Crippen LogP contribution in [0.4, 0.5) is 0 Å². The van der Waals surface area contributed by atoms with Crippen LogP contribution in [0.25, 0.3) is 0 Å². The van der Waals surface area contributed by atoms with E-state index in [1.807, 2.05) is 0 Å². The van der Waals surface area contributed by atoms with Crippen LogP contribution >= 0.6 is 0 Å². The van der Waals surface area contributed by atoms with Gasteiger partial charge in [0.1, 0.15) is 0 Å². The number of carbonyl (C=O) groups is 1. The van der Waals surface area contributed by atoms with Gasteiger partial charge in [0.25, 0.3) is 5.56 Å². The van der Waals surface area contributed by atoms with E-state index < -0.39 is 0 Å². The Bertz CT molecular complexity index is 628. The molecule has 116 valence electrons. The second-order valence-corrected chi connectivity index (χ2v) is 5.50. The lowest BCUT2D eigenvalue weighted by Gasteiger charge is -2.10. The first-order chi connectivity index (χ1) is 9.99. The van der Waals surface area contributed by atoms with Crippen molar-refractivity contribution in [3.05, 3.63) is 32.6 Å². The molecule has 7 heteroatoms. The molecule has 2 N–H and O–H groups in total. The maximum atomic E-state index is 11.7. The molecule has 0 bridgehead atoms. The van der Waals surface area contributed by atoms with Crippen LogP contribution in [-0.4, -0.2) is 27.6 Å². The fraction of sp³-hybridized carbons (Fsp3) is 0.643. The van der Waals surface area contributed by atoms with Crippen molar-refractivity contribution in [3.8, 4) is 0 Å². The Morgan fingerprint density at radius 2 is 2.00 bits per heavy atom. The average molecular weight is 294 g/mol. The van der Waals surface area contributed by atoms with Gasteiger partial charge in [-0.1, -0.05) is 0 Å². The Balaban J connectivity index is 1.74. The number of rotatable bonds is 7. The van der Waals surface area contributed by atoms with Crippen LogP contribution in [0.15, 0.2) is 15.7 Å². The second-order valence-electron chi connectivity index (χ2n) is 5.50. The van der Waals surface area contributed by atoms with Gasteiger partial charge in [0, 0.05) is 44.9 Å². The van der Waals surface area contributed by atoms with Gasteiger partial charge in [-0.05, 0) is 25.8 Å². The highest BCUT2D eigenvalue weighted by atomic mass is 16.2. The number of carbonyl (C=O) groups excluding carboxylic acids is 1. The molecule has 0 saturated heterocycles. The van der Waals surface area contributed by atoms with E-state index in [4.69, 9.17) is 0 Å². The standard InChI is InChI=1S/C14H22N4O3/c1-17-11(8-13(20)18(2)14(17)21)9-15-7-3-4-12(19)16-10-5-6-10/h8,10,15H,3-7,9H2,1-2H3,(H,16,19). The lowest BCUT2D eigenvalue weighted by Crippen LogP contribution is -2.39. The summed E-state index contributed by atoms with van der Waals surface area (Å²) in [6.45, 7) is 1.10. The van der Waals surface area contributed by atoms with E-state index in [1.54, 1.807) is 7.05 Å². The van der Waals surface area contributed by atoms with Crippen LogP contribution < -0.4 is 21.9 Å². The van der Waals surface area contributed by atoms with Gasteiger partial charge in [-0.15, -0.1) is 0 Å². The number of nitrogens with one attached hydrogen (secondary N) is 2. The summed E-state index contributed by atoms with van der Waals surface area (Å²) in [4.78, 5) is 34.8. The molecule has 1 aliphatic carbocycles. The van der Waals surface area contributed by atoms with Gasteiger partial charge >= 0.3 is 5.69 Å². The summed E-state index contributed by atoms with van der Waals surface area (Å²) in [5.41, 5.74) is 0.00681. The number of aromatic nitrogens is 2. The summed E-state index contributed by atoms with van der Waals surface area (Å²) in [6.07, 6.45) is 3.43. The Kier molecular flexibility index (Phi) is 4.95. The second kappa shape index (κ2) is 6.71. The van der Waals surface area contributed by atoms with E-state index in [1.165, 1.54) is 17.7 Å². The van der Waals surface area contributed by atoms with E-state index in [-0.39, 0.29) is 17.2 Å². The highest BCUT2D eigenvalue weighted by Crippen LogP contribution is 2.18. The van der Waals surface area contributed by atoms with Crippen molar-refractivity contribution in [2.45, 2.75) is 38.3 Å². The van der Waals surface area contributed by atoms with Crippen LogP contribution in [0.5, 0.6) is 0 Å². The van der Waals surface area contributed by atoms with Crippen molar-refractivity contribution in [1.29, 1.82) is 0 Å². The number of nitrogens with zero attached hydrogens (tertiary/aromatic N) is 2.